The van der Waals surface area contributed by atoms with Crippen molar-refractivity contribution in [3.05, 3.63) is 54.4 Å². The van der Waals surface area contributed by atoms with Gasteiger partial charge in [0.05, 0.1) is 24.2 Å². The molecule has 0 atom stereocenters. The third-order valence-corrected chi connectivity index (χ3v) is 3.14. The van der Waals surface area contributed by atoms with E-state index < -0.39 is 0 Å². The molecule has 2 aromatic rings. The van der Waals surface area contributed by atoms with Crippen LogP contribution in [0.1, 0.15) is 38.3 Å². The van der Waals surface area contributed by atoms with Crippen molar-refractivity contribution in [3.63, 3.8) is 0 Å². The van der Waals surface area contributed by atoms with E-state index in [9.17, 15) is 0 Å². The number of benzene rings is 1. The highest BCUT2D eigenvalue weighted by Crippen LogP contribution is 2.18. The zero-order valence-corrected chi connectivity index (χ0v) is 12.5. The first-order chi connectivity index (χ1) is 10.4. The van der Waals surface area contributed by atoms with Crippen LogP contribution in [-0.2, 0) is 0 Å². The second kappa shape index (κ2) is 8.90. The lowest BCUT2D eigenvalue weighted by molar-refractivity contribution is 0.305. The summed E-state index contributed by atoms with van der Waals surface area (Å²) in [6, 6.07) is 13.6. The Morgan fingerprint density at radius 2 is 1.90 bits per heavy atom. The monoisotopic (exact) mass is 282 g/mol. The van der Waals surface area contributed by atoms with E-state index in [0.717, 1.165) is 30.2 Å². The minimum Gasteiger partial charge on any atom is -0.494 e. The predicted molar refractivity (Wildman–Crippen MR) is 87.6 cm³/mol. The SMILES string of the molecule is CCCCCCOc1ccc(N=Cc2ccccn2)cc1. The highest BCUT2D eigenvalue weighted by molar-refractivity contribution is 5.79. The van der Waals surface area contributed by atoms with Crippen molar-refractivity contribution in [2.24, 2.45) is 4.99 Å². The number of aromatic nitrogens is 1. The fourth-order valence-electron chi connectivity index (χ4n) is 1.94. The number of pyridine rings is 1. The molecule has 1 aromatic carbocycles. The lowest BCUT2D eigenvalue weighted by Gasteiger charge is -2.05. The van der Waals surface area contributed by atoms with Crippen LogP contribution in [0.4, 0.5) is 5.69 Å². The lowest BCUT2D eigenvalue weighted by atomic mass is 10.2. The van der Waals surface area contributed by atoms with Crippen molar-refractivity contribution in [1.29, 1.82) is 0 Å². The fraction of sp³-hybridized carbons (Fsp3) is 0.333. The van der Waals surface area contributed by atoms with E-state index in [2.05, 4.69) is 16.9 Å². The molecule has 0 aliphatic carbocycles. The van der Waals surface area contributed by atoms with E-state index in [1.807, 2.05) is 42.5 Å². The summed E-state index contributed by atoms with van der Waals surface area (Å²) in [7, 11) is 0. The van der Waals surface area contributed by atoms with Crippen LogP contribution in [0.3, 0.4) is 0 Å². The highest BCUT2D eigenvalue weighted by Gasteiger charge is 1.95. The van der Waals surface area contributed by atoms with E-state index >= 15 is 0 Å². The molecule has 1 aromatic heterocycles. The predicted octanol–water partition coefficient (Wildman–Crippen LogP) is 4.79. The van der Waals surface area contributed by atoms with Crippen LogP contribution in [0, 0.1) is 0 Å². The Bertz CT molecular complexity index is 535. The molecule has 0 bridgehead atoms. The van der Waals surface area contributed by atoms with Gasteiger partial charge >= 0.3 is 0 Å². The van der Waals surface area contributed by atoms with Crippen LogP contribution in [0.5, 0.6) is 5.75 Å². The first-order valence-electron chi connectivity index (χ1n) is 7.56. The topological polar surface area (TPSA) is 34.5 Å². The average molecular weight is 282 g/mol. The summed E-state index contributed by atoms with van der Waals surface area (Å²) >= 11 is 0. The summed E-state index contributed by atoms with van der Waals surface area (Å²) in [5, 5.41) is 0. The summed E-state index contributed by atoms with van der Waals surface area (Å²) in [5.74, 6) is 0.906. The van der Waals surface area contributed by atoms with E-state index in [4.69, 9.17) is 4.74 Å². The Morgan fingerprint density at radius 3 is 2.62 bits per heavy atom. The molecular formula is C18H22N2O. The molecule has 0 saturated heterocycles. The van der Waals surface area contributed by atoms with Gasteiger partial charge in [-0.1, -0.05) is 32.3 Å². The molecule has 0 fully saturated rings. The summed E-state index contributed by atoms with van der Waals surface area (Å²) in [4.78, 5) is 8.60. The van der Waals surface area contributed by atoms with Gasteiger partial charge in [0.25, 0.3) is 0 Å². The van der Waals surface area contributed by atoms with Crippen molar-refractivity contribution < 1.29 is 4.74 Å². The number of hydrogen-bond acceptors (Lipinski definition) is 3. The van der Waals surface area contributed by atoms with E-state index in [0.29, 0.717) is 0 Å². The van der Waals surface area contributed by atoms with Gasteiger partial charge in [-0.2, -0.15) is 0 Å². The minimum absolute atomic E-state index is 0.788. The molecule has 3 heteroatoms. The van der Waals surface area contributed by atoms with Gasteiger partial charge in [-0.15, -0.1) is 0 Å². The summed E-state index contributed by atoms with van der Waals surface area (Å²) in [5.41, 5.74) is 1.76. The smallest absolute Gasteiger partial charge is 0.119 e. The van der Waals surface area contributed by atoms with Crippen molar-refractivity contribution in [2.75, 3.05) is 6.61 Å². The largest absolute Gasteiger partial charge is 0.494 e. The molecule has 0 spiro atoms. The molecule has 3 nitrogen and oxygen atoms in total. The number of ether oxygens (including phenoxy) is 1. The van der Waals surface area contributed by atoms with Gasteiger partial charge in [0.15, 0.2) is 0 Å². The molecule has 110 valence electrons. The number of rotatable bonds is 8. The summed E-state index contributed by atoms with van der Waals surface area (Å²) in [6.07, 6.45) is 8.42. The van der Waals surface area contributed by atoms with Crippen molar-refractivity contribution in [1.82, 2.24) is 4.98 Å². The highest BCUT2D eigenvalue weighted by atomic mass is 16.5. The molecule has 0 radical (unpaired) electrons. The van der Waals surface area contributed by atoms with Gasteiger partial charge in [-0.05, 0) is 42.8 Å². The third kappa shape index (κ3) is 5.78. The normalized spacial score (nSPS) is 10.9. The van der Waals surface area contributed by atoms with Gasteiger partial charge in [0.1, 0.15) is 5.75 Å². The van der Waals surface area contributed by atoms with Crippen LogP contribution >= 0.6 is 0 Å². The van der Waals surface area contributed by atoms with Crippen LogP contribution in [0.2, 0.25) is 0 Å². The Balaban J connectivity index is 1.80. The zero-order chi connectivity index (χ0) is 14.8. The first-order valence-corrected chi connectivity index (χ1v) is 7.56. The van der Waals surface area contributed by atoms with Gasteiger partial charge in [-0.25, -0.2) is 0 Å². The van der Waals surface area contributed by atoms with Gasteiger partial charge in [-0.3, -0.25) is 9.98 Å². The maximum absolute atomic E-state index is 5.71. The molecule has 0 unspecified atom stereocenters. The summed E-state index contributed by atoms with van der Waals surface area (Å²) in [6.45, 7) is 3.00. The Labute approximate surface area is 126 Å². The second-order valence-corrected chi connectivity index (χ2v) is 4.92. The third-order valence-electron chi connectivity index (χ3n) is 3.14. The molecule has 0 aliphatic heterocycles. The minimum atomic E-state index is 0.788. The first kappa shape index (κ1) is 15.2. The van der Waals surface area contributed by atoms with Gasteiger partial charge in [0, 0.05) is 6.20 Å². The molecule has 0 amide bonds. The quantitative estimate of drug-likeness (QED) is 0.515. The van der Waals surface area contributed by atoms with Gasteiger partial charge in [0.2, 0.25) is 0 Å². The van der Waals surface area contributed by atoms with E-state index in [-0.39, 0.29) is 0 Å². The van der Waals surface area contributed by atoms with Gasteiger partial charge < -0.3 is 4.74 Å². The van der Waals surface area contributed by atoms with E-state index in [1.54, 1.807) is 12.4 Å². The van der Waals surface area contributed by atoms with Crippen LogP contribution in [-0.4, -0.2) is 17.8 Å². The molecular weight excluding hydrogens is 260 g/mol. The van der Waals surface area contributed by atoms with Crippen molar-refractivity contribution >= 4 is 11.9 Å². The van der Waals surface area contributed by atoms with Crippen molar-refractivity contribution in [3.8, 4) is 5.75 Å². The second-order valence-electron chi connectivity index (χ2n) is 4.92. The number of unbranched alkanes of at least 4 members (excludes halogenated alkanes) is 3. The molecule has 2 rings (SSSR count). The van der Waals surface area contributed by atoms with Crippen molar-refractivity contribution in [2.45, 2.75) is 32.6 Å². The number of hydrogen-bond donors (Lipinski definition) is 0. The Hall–Kier alpha value is -2.16. The Kier molecular flexibility index (Phi) is 6.46. The number of aliphatic imine (C=N–C) groups is 1. The molecule has 0 N–H and O–H groups in total. The molecule has 1 heterocycles. The van der Waals surface area contributed by atoms with Crippen LogP contribution in [0.25, 0.3) is 0 Å². The lowest BCUT2D eigenvalue weighted by Crippen LogP contribution is -1.96. The standard InChI is InChI=1S/C18H22N2O/c1-2-3-4-7-14-21-18-11-9-16(10-12-18)20-15-17-8-5-6-13-19-17/h5-6,8-13,15H,2-4,7,14H2,1H3. The van der Waals surface area contributed by atoms with Crippen LogP contribution in [0.15, 0.2) is 53.7 Å². The molecule has 0 saturated carbocycles. The maximum atomic E-state index is 5.71. The van der Waals surface area contributed by atoms with Crippen LogP contribution < -0.4 is 4.74 Å². The molecule has 0 aliphatic rings. The molecule has 21 heavy (non-hydrogen) atoms. The Morgan fingerprint density at radius 1 is 1.05 bits per heavy atom. The fourth-order valence-corrected chi connectivity index (χ4v) is 1.94. The summed E-state index contributed by atoms with van der Waals surface area (Å²) < 4.78 is 5.71. The maximum Gasteiger partial charge on any atom is 0.119 e. The average Bonchev–Trinajstić information content (AvgIpc) is 2.55. The zero-order valence-electron chi connectivity index (χ0n) is 12.5. The number of nitrogens with zero attached hydrogens (tertiary/aromatic N) is 2. The van der Waals surface area contributed by atoms with E-state index in [1.165, 1.54) is 19.3 Å².